The molecule has 1 aromatic rings. The molecule has 0 saturated carbocycles. The number of methoxy groups -OCH3 is 1. The van der Waals surface area contributed by atoms with E-state index in [0.29, 0.717) is 0 Å². The monoisotopic (exact) mass is 257 g/mol. The number of aryl methyl sites for hydroxylation is 1. The highest BCUT2D eigenvalue weighted by molar-refractivity contribution is 7.11. The van der Waals surface area contributed by atoms with Crippen molar-refractivity contribution in [1.82, 2.24) is 15.5 Å². The summed E-state index contributed by atoms with van der Waals surface area (Å²) in [4.78, 5) is 0. The molecule has 0 aromatic carbocycles. The maximum absolute atomic E-state index is 5.39. The number of ether oxygens (including phenoxy) is 1. The van der Waals surface area contributed by atoms with Crippen molar-refractivity contribution in [3.8, 4) is 0 Å². The summed E-state index contributed by atoms with van der Waals surface area (Å²) in [6.45, 7) is 8.35. The fourth-order valence-electron chi connectivity index (χ4n) is 1.35. The lowest BCUT2D eigenvalue weighted by Crippen LogP contribution is -2.18. The van der Waals surface area contributed by atoms with Crippen LogP contribution in [-0.4, -0.2) is 30.4 Å². The normalized spacial score (nSPS) is 12.0. The second kappa shape index (κ2) is 7.03. The second-order valence-corrected chi connectivity index (χ2v) is 5.63. The Kier molecular flexibility index (Phi) is 6.02. The molecule has 0 aliphatic rings. The smallest absolute Gasteiger partial charge is 0.148 e. The number of nitrogens with one attached hydrogen (secondary N) is 1. The third-order valence-electron chi connectivity index (χ3n) is 2.66. The highest BCUT2D eigenvalue weighted by Crippen LogP contribution is 2.26. The van der Waals surface area contributed by atoms with Gasteiger partial charge in [0, 0.05) is 13.5 Å². The van der Waals surface area contributed by atoms with Gasteiger partial charge in [-0.2, -0.15) is 0 Å². The lowest BCUT2D eigenvalue weighted by Gasteiger charge is -2.18. The molecule has 0 aliphatic carbocycles. The van der Waals surface area contributed by atoms with Gasteiger partial charge in [-0.3, -0.25) is 0 Å². The fraction of sp³-hybridized carbons (Fsp3) is 0.833. The van der Waals surface area contributed by atoms with Crippen molar-refractivity contribution >= 4 is 11.3 Å². The SMILES string of the molecule is CCCNCCCc1nnc(C(C)(C)OC)s1. The first-order valence-corrected chi connectivity index (χ1v) is 7.00. The van der Waals surface area contributed by atoms with Gasteiger partial charge in [0.25, 0.3) is 0 Å². The van der Waals surface area contributed by atoms with E-state index >= 15 is 0 Å². The Balaban J connectivity index is 2.36. The van der Waals surface area contributed by atoms with Crippen molar-refractivity contribution in [2.45, 2.75) is 45.6 Å². The summed E-state index contributed by atoms with van der Waals surface area (Å²) in [5.74, 6) is 0. The fourth-order valence-corrected chi connectivity index (χ4v) is 2.31. The van der Waals surface area contributed by atoms with Gasteiger partial charge < -0.3 is 10.1 Å². The van der Waals surface area contributed by atoms with Crippen molar-refractivity contribution in [2.75, 3.05) is 20.2 Å². The Morgan fingerprint density at radius 2 is 2.06 bits per heavy atom. The Labute approximate surface area is 108 Å². The molecule has 0 saturated heterocycles. The van der Waals surface area contributed by atoms with Crippen LogP contribution in [0.2, 0.25) is 0 Å². The van der Waals surface area contributed by atoms with Crippen molar-refractivity contribution in [3.05, 3.63) is 10.0 Å². The van der Waals surface area contributed by atoms with Gasteiger partial charge in [-0.15, -0.1) is 10.2 Å². The van der Waals surface area contributed by atoms with Crippen LogP contribution in [0, 0.1) is 0 Å². The molecule has 4 nitrogen and oxygen atoms in total. The van der Waals surface area contributed by atoms with E-state index in [1.807, 2.05) is 13.8 Å². The summed E-state index contributed by atoms with van der Waals surface area (Å²) in [6.07, 6.45) is 3.29. The predicted molar refractivity (Wildman–Crippen MR) is 71.4 cm³/mol. The molecule has 1 aromatic heterocycles. The zero-order valence-electron chi connectivity index (χ0n) is 11.2. The number of hydrogen-bond donors (Lipinski definition) is 1. The first-order chi connectivity index (χ1) is 8.10. The van der Waals surface area contributed by atoms with Gasteiger partial charge >= 0.3 is 0 Å². The molecule has 0 atom stereocenters. The number of hydrogen-bond acceptors (Lipinski definition) is 5. The zero-order chi connectivity index (χ0) is 12.7. The number of aromatic nitrogens is 2. The predicted octanol–water partition coefficient (Wildman–Crippen LogP) is 2.35. The Morgan fingerprint density at radius 3 is 2.71 bits per heavy atom. The minimum atomic E-state index is -0.323. The Hall–Kier alpha value is -0.520. The summed E-state index contributed by atoms with van der Waals surface area (Å²) in [5.41, 5.74) is -0.323. The van der Waals surface area contributed by atoms with Crippen LogP contribution in [0.1, 0.15) is 43.6 Å². The molecular formula is C12H23N3OS. The summed E-state index contributed by atoms with van der Waals surface area (Å²) < 4.78 is 5.39. The molecule has 0 aliphatic heterocycles. The van der Waals surface area contributed by atoms with Gasteiger partial charge in [0.15, 0.2) is 0 Å². The Bertz CT molecular complexity index is 325. The minimum Gasteiger partial charge on any atom is -0.372 e. The lowest BCUT2D eigenvalue weighted by molar-refractivity contribution is 0.0185. The summed E-state index contributed by atoms with van der Waals surface area (Å²) in [5, 5.41) is 13.8. The zero-order valence-corrected chi connectivity index (χ0v) is 12.1. The molecule has 1 N–H and O–H groups in total. The number of rotatable bonds is 8. The topological polar surface area (TPSA) is 47.0 Å². The second-order valence-electron chi connectivity index (χ2n) is 4.57. The van der Waals surface area contributed by atoms with Crippen molar-refractivity contribution in [2.24, 2.45) is 0 Å². The lowest BCUT2D eigenvalue weighted by atomic mass is 10.1. The molecule has 0 bridgehead atoms. The van der Waals surface area contributed by atoms with Crippen LogP contribution in [0.15, 0.2) is 0 Å². The standard InChI is InChI=1S/C12H23N3OS/c1-5-8-13-9-6-7-10-14-15-11(17-10)12(2,3)16-4/h13H,5-9H2,1-4H3. The molecule has 0 fully saturated rings. The minimum absolute atomic E-state index is 0.323. The molecule has 98 valence electrons. The molecule has 0 spiro atoms. The molecule has 0 radical (unpaired) electrons. The molecule has 1 rings (SSSR count). The van der Waals surface area contributed by atoms with Crippen LogP contribution < -0.4 is 5.32 Å². The van der Waals surface area contributed by atoms with E-state index in [9.17, 15) is 0 Å². The Morgan fingerprint density at radius 1 is 1.29 bits per heavy atom. The van der Waals surface area contributed by atoms with E-state index in [-0.39, 0.29) is 5.60 Å². The molecule has 5 heteroatoms. The van der Waals surface area contributed by atoms with E-state index in [1.165, 1.54) is 6.42 Å². The van der Waals surface area contributed by atoms with Crippen LogP contribution in [0.3, 0.4) is 0 Å². The summed E-state index contributed by atoms with van der Waals surface area (Å²) in [6, 6.07) is 0. The maximum Gasteiger partial charge on any atom is 0.148 e. The van der Waals surface area contributed by atoms with Gasteiger partial charge in [0.2, 0.25) is 0 Å². The van der Waals surface area contributed by atoms with E-state index in [4.69, 9.17) is 4.74 Å². The van der Waals surface area contributed by atoms with Crippen LogP contribution in [-0.2, 0) is 16.8 Å². The molecular weight excluding hydrogens is 234 g/mol. The molecule has 0 amide bonds. The highest BCUT2D eigenvalue weighted by Gasteiger charge is 2.24. The molecule has 17 heavy (non-hydrogen) atoms. The summed E-state index contributed by atoms with van der Waals surface area (Å²) in [7, 11) is 1.70. The van der Waals surface area contributed by atoms with E-state index < -0.39 is 0 Å². The molecule has 1 heterocycles. The van der Waals surface area contributed by atoms with Gasteiger partial charge in [0.05, 0.1) is 0 Å². The maximum atomic E-state index is 5.39. The quantitative estimate of drug-likeness (QED) is 0.726. The van der Waals surface area contributed by atoms with Crippen molar-refractivity contribution in [3.63, 3.8) is 0 Å². The highest BCUT2D eigenvalue weighted by atomic mass is 32.1. The van der Waals surface area contributed by atoms with E-state index in [1.54, 1.807) is 18.4 Å². The van der Waals surface area contributed by atoms with Crippen LogP contribution in [0.5, 0.6) is 0 Å². The van der Waals surface area contributed by atoms with Crippen LogP contribution in [0.4, 0.5) is 0 Å². The van der Waals surface area contributed by atoms with E-state index in [0.717, 1.165) is 35.9 Å². The van der Waals surface area contributed by atoms with Gasteiger partial charge in [-0.25, -0.2) is 0 Å². The first-order valence-electron chi connectivity index (χ1n) is 6.19. The van der Waals surface area contributed by atoms with Gasteiger partial charge in [-0.05, 0) is 39.8 Å². The summed E-state index contributed by atoms with van der Waals surface area (Å²) >= 11 is 1.65. The third-order valence-corrected chi connectivity index (χ3v) is 3.95. The third kappa shape index (κ3) is 4.69. The van der Waals surface area contributed by atoms with Crippen molar-refractivity contribution in [1.29, 1.82) is 0 Å². The van der Waals surface area contributed by atoms with Gasteiger partial charge in [-0.1, -0.05) is 18.3 Å². The number of nitrogens with zero attached hydrogens (tertiary/aromatic N) is 2. The van der Waals surface area contributed by atoms with E-state index in [2.05, 4.69) is 22.4 Å². The largest absolute Gasteiger partial charge is 0.372 e. The van der Waals surface area contributed by atoms with Crippen LogP contribution >= 0.6 is 11.3 Å². The molecule has 0 unspecified atom stereocenters. The van der Waals surface area contributed by atoms with Crippen LogP contribution in [0.25, 0.3) is 0 Å². The first kappa shape index (κ1) is 14.5. The van der Waals surface area contributed by atoms with Crippen molar-refractivity contribution < 1.29 is 4.74 Å². The average molecular weight is 257 g/mol. The van der Waals surface area contributed by atoms with Gasteiger partial charge in [0.1, 0.15) is 15.6 Å². The average Bonchev–Trinajstić information content (AvgIpc) is 2.78.